The Labute approximate surface area is 108 Å². The van der Waals surface area contributed by atoms with Crippen LogP contribution in [0.25, 0.3) is 0 Å². The van der Waals surface area contributed by atoms with E-state index in [1.807, 2.05) is 6.92 Å². The second-order valence-corrected chi connectivity index (χ2v) is 6.46. The van der Waals surface area contributed by atoms with E-state index in [4.69, 9.17) is 0 Å². The summed E-state index contributed by atoms with van der Waals surface area (Å²) >= 11 is 0. The van der Waals surface area contributed by atoms with Gasteiger partial charge in [0.05, 0.1) is 17.1 Å². The summed E-state index contributed by atoms with van der Waals surface area (Å²) in [4.78, 5) is 0. The molecule has 7 heteroatoms. The summed E-state index contributed by atoms with van der Waals surface area (Å²) in [5, 5.41) is 7.41. The lowest BCUT2D eigenvalue weighted by Crippen LogP contribution is -2.32. The van der Waals surface area contributed by atoms with E-state index < -0.39 is 10.0 Å². The number of aryl methyl sites for hydroxylation is 2. The fourth-order valence-electron chi connectivity index (χ4n) is 2.25. The molecule has 1 aliphatic rings. The van der Waals surface area contributed by atoms with E-state index in [2.05, 4.69) is 15.1 Å². The molecule has 0 amide bonds. The summed E-state index contributed by atoms with van der Waals surface area (Å²) in [6, 6.07) is 0.0734. The maximum atomic E-state index is 12.0. The molecule has 0 saturated carbocycles. The van der Waals surface area contributed by atoms with Crippen molar-refractivity contribution in [3.05, 3.63) is 11.9 Å². The van der Waals surface area contributed by atoms with Crippen LogP contribution in [0.5, 0.6) is 0 Å². The summed E-state index contributed by atoms with van der Waals surface area (Å²) in [6.07, 6.45) is 4.39. The topological polar surface area (TPSA) is 76.0 Å². The van der Waals surface area contributed by atoms with Crippen LogP contribution in [0, 0.1) is 0 Å². The van der Waals surface area contributed by atoms with Gasteiger partial charge in [0.2, 0.25) is 10.0 Å². The van der Waals surface area contributed by atoms with Gasteiger partial charge in [-0.3, -0.25) is 9.40 Å². The van der Waals surface area contributed by atoms with Gasteiger partial charge in [-0.15, -0.1) is 0 Å². The highest BCUT2D eigenvalue weighted by Gasteiger charge is 2.23. The molecule has 1 fully saturated rings. The van der Waals surface area contributed by atoms with Crippen molar-refractivity contribution in [2.45, 2.75) is 32.2 Å². The summed E-state index contributed by atoms with van der Waals surface area (Å²) in [7, 11) is -1.52. The fraction of sp³-hybridized carbons (Fsp3) is 0.727. The third-order valence-corrected chi connectivity index (χ3v) is 4.46. The van der Waals surface area contributed by atoms with Crippen LogP contribution in [0.1, 0.15) is 25.5 Å². The van der Waals surface area contributed by atoms with Crippen molar-refractivity contribution >= 4 is 15.7 Å². The van der Waals surface area contributed by atoms with E-state index >= 15 is 0 Å². The van der Waals surface area contributed by atoms with Crippen LogP contribution in [-0.4, -0.2) is 36.5 Å². The molecule has 0 spiro atoms. The highest BCUT2D eigenvalue weighted by molar-refractivity contribution is 7.92. The minimum Gasteiger partial charge on any atom is -0.313 e. The molecule has 1 aromatic heterocycles. The fourth-order valence-corrected chi connectivity index (χ4v) is 3.66. The van der Waals surface area contributed by atoms with Gasteiger partial charge in [0.1, 0.15) is 0 Å². The number of sulfonamides is 1. The van der Waals surface area contributed by atoms with E-state index in [0.717, 1.165) is 25.1 Å². The highest BCUT2D eigenvalue weighted by atomic mass is 32.2. The van der Waals surface area contributed by atoms with Gasteiger partial charge in [0.15, 0.2) is 0 Å². The van der Waals surface area contributed by atoms with Gasteiger partial charge < -0.3 is 5.32 Å². The van der Waals surface area contributed by atoms with Gasteiger partial charge in [-0.25, -0.2) is 8.42 Å². The smallest absolute Gasteiger partial charge is 0.234 e. The number of aromatic nitrogens is 2. The molecule has 2 heterocycles. The number of rotatable bonds is 5. The van der Waals surface area contributed by atoms with Gasteiger partial charge in [-0.05, 0) is 25.8 Å². The largest absolute Gasteiger partial charge is 0.313 e. The van der Waals surface area contributed by atoms with E-state index in [0.29, 0.717) is 12.1 Å². The monoisotopic (exact) mass is 272 g/mol. The predicted molar refractivity (Wildman–Crippen MR) is 71.0 cm³/mol. The van der Waals surface area contributed by atoms with E-state index in [9.17, 15) is 8.42 Å². The number of anilines is 1. The molecule has 1 atom stereocenters. The van der Waals surface area contributed by atoms with Gasteiger partial charge >= 0.3 is 0 Å². The summed E-state index contributed by atoms with van der Waals surface area (Å²) < 4.78 is 28.4. The Morgan fingerprint density at radius 3 is 3.00 bits per heavy atom. The molecule has 0 aliphatic carbocycles. The molecule has 0 radical (unpaired) electrons. The Balaban J connectivity index is 2.06. The Morgan fingerprint density at radius 2 is 2.39 bits per heavy atom. The second-order valence-electron chi connectivity index (χ2n) is 4.69. The molecular formula is C11H20N4O2S. The van der Waals surface area contributed by atoms with Crippen LogP contribution in [0.3, 0.4) is 0 Å². The molecular weight excluding hydrogens is 252 g/mol. The zero-order valence-corrected chi connectivity index (χ0v) is 11.6. The second kappa shape index (κ2) is 5.27. The maximum Gasteiger partial charge on any atom is 0.234 e. The summed E-state index contributed by atoms with van der Waals surface area (Å²) in [6.45, 7) is 2.87. The minimum atomic E-state index is -3.30. The van der Waals surface area contributed by atoms with E-state index in [-0.39, 0.29) is 11.8 Å². The SMILES string of the molecule is CCc1nn(C)cc1NS(=O)(=O)CC1CCCN1. The molecule has 1 aliphatic heterocycles. The predicted octanol–water partition coefficient (Wildman–Crippen LogP) is 0.476. The van der Waals surface area contributed by atoms with Crippen molar-refractivity contribution in [3.8, 4) is 0 Å². The number of hydrogen-bond acceptors (Lipinski definition) is 4. The molecule has 0 bridgehead atoms. The molecule has 1 saturated heterocycles. The molecule has 6 nitrogen and oxygen atoms in total. The van der Waals surface area contributed by atoms with Crippen molar-refractivity contribution in [2.24, 2.45) is 7.05 Å². The minimum absolute atomic E-state index is 0.0734. The lowest BCUT2D eigenvalue weighted by Gasteiger charge is -2.12. The normalized spacial score (nSPS) is 20.2. The van der Waals surface area contributed by atoms with E-state index in [1.165, 1.54) is 0 Å². The first-order valence-corrected chi connectivity index (χ1v) is 7.92. The summed E-state index contributed by atoms with van der Waals surface area (Å²) in [5.74, 6) is 0.130. The third kappa shape index (κ3) is 3.23. The van der Waals surface area contributed by atoms with Crippen molar-refractivity contribution < 1.29 is 8.42 Å². The first-order valence-electron chi connectivity index (χ1n) is 6.26. The first-order chi connectivity index (χ1) is 8.50. The Bertz CT molecular complexity index is 503. The average molecular weight is 272 g/mol. The molecule has 1 unspecified atom stereocenters. The van der Waals surface area contributed by atoms with Crippen LogP contribution in [0.15, 0.2) is 6.20 Å². The van der Waals surface area contributed by atoms with Gasteiger partial charge in [-0.2, -0.15) is 5.10 Å². The quantitative estimate of drug-likeness (QED) is 0.817. The van der Waals surface area contributed by atoms with Gasteiger partial charge in [-0.1, -0.05) is 6.92 Å². The lowest BCUT2D eigenvalue weighted by atomic mass is 10.3. The van der Waals surface area contributed by atoms with Crippen LogP contribution in [0.2, 0.25) is 0 Å². The maximum absolute atomic E-state index is 12.0. The molecule has 102 valence electrons. The van der Waals surface area contributed by atoms with Gasteiger partial charge in [0.25, 0.3) is 0 Å². The molecule has 1 aromatic rings. The van der Waals surface area contributed by atoms with Crippen LogP contribution < -0.4 is 10.0 Å². The summed E-state index contributed by atoms with van der Waals surface area (Å²) in [5.41, 5.74) is 1.37. The van der Waals surface area contributed by atoms with Gasteiger partial charge in [0, 0.05) is 19.3 Å². The molecule has 18 heavy (non-hydrogen) atoms. The zero-order chi connectivity index (χ0) is 13.2. The zero-order valence-electron chi connectivity index (χ0n) is 10.8. The molecule has 2 N–H and O–H groups in total. The Kier molecular flexibility index (Phi) is 3.91. The standard InChI is InChI=1S/C11H20N4O2S/c1-3-10-11(7-15(2)13-10)14-18(16,17)8-9-5-4-6-12-9/h7,9,12,14H,3-6,8H2,1-2H3. The molecule has 2 rings (SSSR count). The number of nitrogens with one attached hydrogen (secondary N) is 2. The number of nitrogens with zero attached hydrogens (tertiary/aromatic N) is 2. The first kappa shape index (κ1) is 13.4. The van der Waals surface area contributed by atoms with Crippen LogP contribution in [-0.2, 0) is 23.5 Å². The molecule has 0 aromatic carbocycles. The Hall–Kier alpha value is -1.08. The number of hydrogen-bond donors (Lipinski definition) is 2. The van der Waals surface area contributed by atoms with Crippen molar-refractivity contribution in [1.29, 1.82) is 0 Å². The lowest BCUT2D eigenvalue weighted by molar-refractivity contribution is 0.581. The third-order valence-electron chi connectivity index (χ3n) is 3.09. The van der Waals surface area contributed by atoms with E-state index in [1.54, 1.807) is 17.9 Å². The Morgan fingerprint density at radius 1 is 1.61 bits per heavy atom. The highest BCUT2D eigenvalue weighted by Crippen LogP contribution is 2.17. The van der Waals surface area contributed by atoms with Crippen LogP contribution >= 0.6 is 0 Å². The van der Waals surface area contributed by atoms with Crippen molar-refractivity contribution in [2.75, 3.05) is 17.0 Å². The average Bonchev–Trinajstić information content (AvgIpc) is 2.87. The van der Waals surface area contributed by atoms with Crippen molar-refractivity contribution in [3.63, 3.8) is 0 Å². The van der Waals surface area contributed by atoms with Crippen LogP contribution in [0.4, 0.5) is 5.69 Å². The van der Waals surface area contributed by atoms with Crippen molar-refractivity contribution in [1.82, 2.24) is 15.1 Å².